The van der Waals surface area contributed by atoms with Crippen molar-refractivity contribution < 1.29 is 14.2 Å². The first-order valence-electron chi connectivity index (χ1n) is 6.00. The summed E-state index contributed by atoms with van der Waals surface area (Å²) in [5.74, 6) is 0.664. The molecule has 0 fully saturated rings. The van der Waals surface area contributed by atoms with E-state index in [1.54, 1.807) is 14.2 Å². The summed E-state index contributed by atoms with van der Waals surface area (Å²) in [7, 11) is 3.41. The van der Waals surface area contributed by atoms with Crippen LogP contribution in [-0.4, -0.2) is 53.2 Å². The first-order valence-corrected chi connectivity index (χ1v) is 6.00. The first-order chi connectivity index (χ1) is 7.70. The van der Waals surface area contributed by atoms with Crippen LogP contribution in [0.1, 0.15) is 20.3 Å². The summed E-state index contributed by atoms with van der Waals surface area (Å²) < 4.78 is 15.8. The molecule has 1 N–H and O–H groups in total. The van der Waals surface area contributed by atoms with Crippen molar-refractivity contribution in [3.05, 3.63) is 0 Å². The zero-order valence-electron chi connectivity index (χ0n) is 11.1. The highest BCUT2D eigenvalue weighted by Gasteiger charge is 2.08. The normalized spacial score (nSPS) is 13.3. The molecule has 0 aliphatic heterocycles. The average Bonchev–Trinajstić information content (AvgIpc) is 2.23. The van der Waals surface area contributed by atoms with E-state index in [0.717, 1.165) is 32.7 Å². The summed E-state index contributed by atoms with van der Waals surface area (Å²) >= 11 is 0. The molecule has 1 atom stereocenters. The maximum Gasteiger partial charge on any atom is 0.0932 e. The Balaban J connectivity index is 3.53. The summed E-state index contributed by atoms with van der Waals surface area (Å²) in [6.45, 7) is 8.36. The zero-order chi connectivity index (χ0) is 12.2. The fourth-order valence-corrected chi connectivity index (χ4v) is 1.34. The number of nitrogens with one attached hydrogen (secondary N) is 1. The smallest absolute Gasteiger partial charge is 0.0932 e. The number of rotatable bonds is 11. The lowest BCUT2D eigenvalue weighted by atomic mass is 10.2. The van der Waals surface area contributed by atoms with E-state index >= 15 is 0 Å². The van der Waals surface area contributed by atoms with Crippen LogP contribution in [0, 0.1) is 5.92 Å². The Bertz CT molecular complexity index is 142. The molecule has 4 heteroatoms. The molecule has 98 valence electrons. The van der Waals surface area contributed by atoms with Crippen LogP contribution in [0.3, 0.4) is 0 Å². The molecule has 0 radical (unpaired) electrons. The van der Waals surface area contributed by atoms with E-state index in [4.69, 9.17) is 14.2 Å². The highest BCUT2D eigenvalue weighted by molar-refractivity contribution is 4.62. The Labute approximate surface area is 99.6 Å². The average molecular weight is 233 g/mol. The Morgan fingerprint density at radius 2 is 1.75 bits per heavy atom. The van der Waals surface area contributed by atoms with Crippen molar-refractivity contribution in [2.45, 2.75) is 26.4 Å². The molecule has 16 heavy (non-hydrogen) atoms. The molecule has 0 saturated heterocycles. The van der Waals surface area contributed by atoms with Crippen molar-refractivity contribution in [1.82, 2.24) is 5.32 Å². The molecular weight excluding hydrogens is 206 g/mol. The van der Waals surface area contributed by atoms with Crippen LogP contribution in [0.2, 0.25) is 0 Å². The molecule has 0 saturated carbocycles. The van der Waals surface area contributed by atoms with Gasteiger partial charge in [0.2, 0.25) is 0 Å². The van der Waals surface area contributed by atoms with Crippen molar-refractivity contribution in [1.29, 1.82) is 0 Å². The molecule has 0 aromatic heterocycles. The van der Waals surface area contributed by atoms with Gasteiger partial charge < -0.3 is 19.5 Å². The van der Waals surface area contributed by atoms with Crippen molar-refractivity contribution >= 4 is 0 Å². The van der Waals surface area contributed by atoms with Gasteiger partial charge in [0, 0.05) is 34.0 Å². The lowest BCUT2D eigenvalue weighted by Gasteiger charge is -2.18. The molecule has 0 aromatic carbocycles. The molecular formula is C12H27NO3. The number of ether oxygens (including phenoxy) is 3. The summed E-state index contributed by atoms with van der Waals surface area (Å²) in [6, 6.07) is 0. The SMILES string of the molecule is COCCCOC(CNCC(C)C)COC. The van der Waals surface area contributed by atoms with Crippen LogP contribution >= 0.6 is 0 Å². The standard InChI is InChI=1S/C12H27NO3/c1-11(2)8-13-9-12(10-15-4)16-7-5-6-14-3/h11-13H,5-10H2,1-4H3. The summed E-state index contributed by atoms with van der Waals surface area (Å²) in [5.41, 5.74) is 0. The minimum Gasteiger partial charge on any atom is -0.385 e. The van der Waals surface area contributed by atoms with Gasteiger partial charge in [0.1, 0.15) is 0 Å². The van der Waals surface area contributed by atoms with E-state index in [-0.39, 0.29) is 6.10 Å². The number of hydrogen-bond acceptors (Lipinski definition) is 4. The van der Waals surface area contributed by atoms with Gasteiger partial charge in [-0.2, -0.15) is 0 Å². The van der Waals surface area contributed by atoms with Crippen molar-refractivity contribution in [3.63, 3.8) is 0 Å². The Hall–Kier alpha value is -0.160. The monoisotopic (exact) mass is 233 g/mol. The molecule has 0 spiro atoms. The van der Waals surface area contributed by atoms with Gasteiger partial charge in [-0.25, -0.2) is 0 Å². The van der Waals surface area contributed by atoms with Gasteiger partial charge in [0.05, 0.1) is 12.7 Å². The highest BCUT2D eigenvalue weighted by Crippen LogP contribution is 1.95. The number of methoxy groups -OCH3 is 2. The predicted octanol–water partition coefficient (Wildman–Crippen LogP) is 1.30. The van der Waals surface area contributed by atoms with Crippen LogP contribution in [-0.2, 0) is 14.2 Å². The third kappa shape index (κ3) is 10.4. The molecule has 0 bridgehead atoms. The lowest BCUT2D eigenvalue weighted by Crippen LogP contribution is -2.34. The maximum atomic E-state index is 5.70. The van der Waals surface area contributed by atoms with Crippen molar-refractivity contribution in [2.75, 3.05) is 47.1 Å². The van der Waals surface area contributed by atoms with Crippen LogP contribution in [0.5, 0.6) is 0 Å². The third-order valence-corrected chi connectivity index (χ3v) is 2.12. The van der Waals surface area contributed by atoms with Crippen molar-refractivity contribution in [2.24, 2.45) is 5.92 Å². The van der Waals surface area contributed by atoms with E-state index in [1.165, 1.54) is 0 Å². The molecule has 0 aliphatic carbocycles. The topological polar surface area (TPSA) is 39.7 Å². The minimum absolute atomic E-state index is 0.139. The molecule has 0 aliphatic rings. The minimum atomic E-state index is 0.139. The first kappa shape index (κ1) is 15.8. The van der Waals surface area contributed by atoms with Crippen LogP contribution in [0.25, 0.3) is 0 Å². The second kappa shape index (κ2) is 11.3. The Kier molecular flexibility index (Phi) is 11.2. The molecule has 0 aromatic rings. The van der Waals surface area contributed by atoms with Crippen LogP contribution < -0.4 is 5.32 Å². The van der Waals surface area contributed by atoms with Gasteiger partial charge in [-0.1, -0.05) is 13.8 Å². The van der Waals surface area contributed by atoms with Crippen LogP contribution in [0.4, 0.5) is 0 Å². The van der Waals surface area contributed by atoms with E-state index in [0.29, 0.717) is 12.5 Å². The molecule has 1 unspecified atom stereocenters. The second-order valence-electron chi connectivity index (χ2n) is 4.35. The van der Waals surface area contributed by atoms with Gasteiger partial charge in [-0.15, -0.1) is 0 Å². The second-order valence-corrected chi connectivity index (χ2v) is 4.35. The van der Waals surface area contributed by atoms with Gasteiger partial charge in [-0.3, -0.25) is 0 Å². The maximum absolute atomic E-state index is 5.70. The van der Waals surface area contributed by atoms with E-state index in [9.17, 15) is 0 Å². The summed E-state index contributed by atoms with van der Waals surface area (Å²) in [5, 5.41) is 3.37. The Morgan fingerprint density at radius 1 is 1.00 bits per heavy atom. The summed E-state index contributed by atoms with van der Waals surface area (Å²) in [4.78, 5) is 0. The molecule has 0 heterocycles. The van der Waals surface area contributed by atoms with E-state index < -0.39 is 0 Å². The van der Waals surface area contributed by atoms with Gasteiger partial charge >= 0.3 is 0 Å². The van der Waals surface area contributed by atoms with Crippen molar-refractivity contribution in [3.8, 4) is 0 Å². The zero-order valence-corrected chi connectivity index (χ0v) is 11.1. The quantitative estimate of drug-likeness (QED) is 0.546. The molecule has 0 amide bonds. The van der Waals surface area contributed by atoms with Gasteiger partial charge in [0.25, 0.3) is 0 Å². The fourth-order valence-electron chi connectivity index (χ4n) is 1.34. The highest BCUT2D eigenvalue weighted by atomic mass is 16.5. The van der Waals surface area contributed by atoms with Gasteiger partial charge in [0.15, 0.2) is 0 Å². The van der Waals surface area contributed by atoms with Crippen LogP contribution in [0.15, 0.2) is 0 Å². The number of hydrogen-bond donors (Lipinski definition) is 1. The summed E-state index contributed by atoms with van der Waals surface area (Å²) in [6.07, 6.45) is 1.07. The Morgan fingerprint density at radius 3 is 2.31 bits per heavy atom. The lowest BCUT2D eigenvalue weighted by molar-refractivity contribution is -0.00758. The van der Waals surface area contributed by atoms with Gasteiger partial charge in [-0.05, 0) is 18.9 Å². The fraction of sp³-hybridized carbons (Fsp3) is 1.00. The third-order valence-electron chi connectivity index (χ3n) is 2.12. The van der Waals surface area contributed by atoms with E-state index in [2.05, 4.69) is 19.2 Å². The largest absolute Gasteiger partial charge is 0.385 e. The molecule has 0 rings (SSSR count). The predicted molar refractivity (Wildman–Crippen MR) is 65.8 cm³/mol. The molecule has 4 nitrogen and oxygen atoms in total. The van der Waals surface area contributed by atoms with E-state index in [1.807, 2.05) is 0 Å².